The van der Waals surface area contributed by atoms with Crippen LogP contribution >= 0.6 is 11.5 Å². The molecule has 4 aromatic heterocycles. The molecule has 214 valence electrons. The fourth-order valence-electron chi connectivity index (χ4n) is 3.92. The first-order chi connectivity index (χ1) is 19.4. The van der Waals surface area contributed by atoms with Gasteiger partial charge in [-0.25, -0.2) is 15.0 Å². The Bertz CT molecular complexity index is 1380. The average Bonchev–Trinajstić information content (AvgIpc) is 3.70. The Labute approximate surface area is 242 Å². The lowest BCUT2D eigenvalue weighted by atomic mass is 10.2. The highest BCUT2D eigenvalue weighted by Gasteiger charge is 2.13. The van der Waals surface area contributed by atoms with Crippen LogP contribution in [0.4, 0.5) is 10.8 Å². The number of nitrogens with zero attached hydrogens (tertiary/aromatic N) is 7. The molecular formula is C30H43N9S. The molecule has 10 heteroatoms. The van der Waals surface area contributed by atoms with Gasteiger partial charge in [-0.3, -0.25) is 9.50 Å². The summed E-state index contributed by atoms with van der Waals surface area (Å²) in [6.07, 6.45) is 17.9. The average molecular weight is 562 g/mol. The van der Waals surface area contributed by atoms with E-state index < -0.39 is 0 Å². The minimum absolute atomic E-state index is 0.571. The Morgan fingerprint density at radius 1 is 1.23 bits per heavy atom. The fourth-order valence-corrected chi connectivity index (χ4v) is 4.65. The van der Waals surface area contributed by atoms with E-state index >= 15 is 0 Å². The Morgan fingerprint density at radius 2 is 2.05 bits per heavy atom. The van der Waals surface area contributed by atoms with Crippen molar-refractivity contribution in [2.24, 2.45) is 10.9 Å². The first-order valence-corrected chi connectivity index (χ1v) is 14.8. The number of hydrogen-bond donors (Lipinski definition) is 2. The van der Waals surface area contributed by atoms with E-state index in [1.165, 1.54) is 24.4 Å². The van der Waals surface area contributed by atoms with Gasteiger partial charge in [-0.15, -0.1) is 0 Å². The quantitative estimate of drug-likeness (QED) is 0.165. The van der Waals surface area contributed by atoms with Crippen LogP contribution in [0.1, 0.15) is 65.3 Å². The van der Waals surface area contributed by atoms with Gasteiger partial charge in [0.15, 0.2) is 11.5 Å². The number of aliphatic imine (C=N–C) groups is 1. The predicted octanol–water partition coefficient (Wildman–Crippen LogP) is 7.44. The van der Waals surface area contributed by atoms with Gasteiger partial charge in [0.1, 0.15) is 10.8 Å². The lowest BCUT2D eigenvalue weighted by molar-refractivity contribution is 0.336. The number of aromatic amines is 1. The summed E-state index contributed by atoms with van der Waals surface area (Å²) in [5, 5.41) is 11.1. The molecule has 0 fully saturated rings. The first kappa shape index (κ1) is 30.7. The van der Waals surface area contributed by atoms with Gasteiger partial charge < -0.3 is 10.2 Å². The van der Waals surface area contributed by atoms with Gasteiger partial charge in [0.25, 0.3) is 0 Å². The number of unbranched alkanes of at least 4 members (excludes halogenated alkanes) is 1. The maximum atomic E-state index is 4.59. The third kappa shape index (κ3) is 8.87. The molecule has 0 unspecified atom stereocenters. The maximum absolute atomic E-state index is 4.59. The van der Waals surface area contributed by atoms with Gasteiger partial charge in [0.2, 0.25) is 0 Å². The van der Waals surface area contributed by atoms with Crippen molar-refractivity contribution in [3.05, 3.63) is 66.8 Å². The number of hydrogen-bond acceptors (Lipinski definition) is 8. The van der Waals surface area contributed by atoms with Crippen LogP contribution in [0.25, 0.3) is 16.9 Å². The molecule has 0 saturated heterocycles. The van der Waals surface area contributed by atoms with Crippen LogP contribution in [0.15, 0.2) is 60.4 Å². The molecule has 0 radical (unpaired) electrons. The Balaban J connectivity index is 0.000000234. The number of aryl methyl sites for hydroxylation is 2. The number of aromatic nitrogens is 6. The fraction of sp³-hybridized carbons (Fsp3) is 0.433. The highest BCUT2D eigenvalue weighted by atomic mass is 32.1. The monoisotopic (exact) mass is 561 g/mol. The van der Waals surface area contributed by atoms with Crippen LogP contribution < -0.4 is 5.32 Å². The zero-order valence-electron chi connectivity index (χ0n) is 24.7. The van der Waals surface area contributed by atoms with Crippen LogP contribution in [0.3, 0.4) is 0 Å². The lowest BCUT2D eigenvalue weighted by Crippen LogP contribution is -2.23. The molecule has 0 aliphatic carbocycles. The number of imidazole rings is 1. The SMILES string of the molecule is C=C(/N=C\C=C/C(C)C)N(CCC)CCCC.CCc1cc(Nc2nc(C)cn3c(-c4cn[nH]c4)cnc23)sn1. The highest BCUT2D eigenvalue weighted by molar-refractivity contribution is 7.10. The number of nitrogens with one attached hydrogen (secondary N) is 2. The van der Waals surface area contributed by atoms with Crippen molar-refractivity contribution in [2.45, 2.75) is 67.2 Å². The Morgan fingerprint density at radius 3 is 2.70 bits per heavy atom. The topological polar surface area (TPSA) is 99.4 Å². The summed E-state index contributed by atoms with van der Waals surface area (Å²) in [7, 11) is 0. The molecule has 0 aliphatic heterocycles. The van der Waals surface area contributed by atoms with Crippen molar-refractivity contribution in [1.82, 2.24) is 33.8 Å². The smallest absolute Gasteiger partial charge is 0.180 e. The Hall–Kier alpha value is -3.79. The minimum atomic E-state index is 0.571. The van der Waals surface area contributed by atoms with E-state index in [1.807, 2.05) is 48.3 Å². The number of fused-ring (bicyclic) bond motifs is 1. The minimum Gasteiger partial charge on any atom is -0.357 e. The summed E-state index contributed by atoms with van der Waals surface area (Å²) >= 11 is 1.43. The second kappa shape index (κ2) is 15.7. The largest absolute Gasteiger partial charge is 0.357 e. The molecule has 4 rings (SSSR count). The van der Waals surface area contributed by atoms with Crippen molar-refractivity contribution in [3.8, 4) is 11.3 Å². The molecule has 0 amide bonds. The summed E-state index contributed by atoms with van der Waals surface area (Å²) in [6, 6.07) is 2.05. The van der Waals surface area contributed by atoms with Crippen LogP contribution in [0.2, 0.25) is 0 Å². The number of H-pyrrole nitrogens is 1. The summed E-state index contributed by atoms with van der Waals surface area (Å²) in [5.41, 5.74) is 4.71. The van der Waals surface area contributed by atoms with E-state index in [0.717, 1.165) is 70.9 Å². The summed E-state index contributed by atoms with van der Waals surface area (Å²) in [4.78, 5) is 15.8. The van der Waals surface area contributed by atoms with Gasteiger partial charge >= 0.3 is 0 Å². The molecule has 40 heavy (non-hydrogen) atoms. The molecule has 0 saturated carbocycles. The molecule has 4 aromatic rings. The number of rotatable bonds is 13. The second-order valence-electron chi connectivity index (χ2n) is 9.88. The molecule has 0 aromatic carbocycles. The van der Waals surface area contributed by atoms with Gasteiger partial charge in [0, 0.05) is 37.3 Å². The first-order valence-electron chi connectivity index (χ1n) is 14.1. The van der Waals surface area contributed by atoms with Crippen molar-refractivity contribution >= 4 is 34.2 Å². The van der Waals surface area contributed by atoms with Crippen molar-refractivity contribution in [3.63, 3.8) is 0 Å². The van der Waals surface area contributed by atoms with Crippen LogP contribution in [-0.2, 0) is 6.42 Å². The lowest BCUT2D eigenvalue weighted by Gasteiger charge is -2.23. The number of anilines is 2. The van der Waals surface area contributed by atoms with Gasteiger partial charge in [-0.1, -0.05) is 53.7 Å². The van der Waals surface area contributed by atoms with E-state index in [2.05, 4.69) is 87.0 Å². The zero-order valence-corrected chi connectivity index (χ0v) is 25.5. The zero-order chi connectivity index (χ0) is 28.9. The molecule has 2 N–H and O–H groups in total. The van der Waals surface area contributed by atoms with E-state index in [0.29, 0.717) is 5.92 Å². The standard InChI is InChI=1S/C15H15N7S.C15H28N2/c1-3-11-4-13(23-21-11)20-14-15-16-7-12(10-5-17-18-6-10)22(15)8-9(2)19-14;1-6-8-13-17(12-7-2)15(5)16-11-9-10-14(3)4/h4-8H,3H2,1-2H3,(H,17,18)(H,19,20);9-11,14H,5-8,12-13H2,1-4H3/b;10-9-,16-11-. The maximum Gasteiger partial charge on any atom is 0.180 e. The highest BCUT2D eigenvalue weighted by Crippen LogP contribution is 2.27. The van der Waals surface area contributed by atoms with Gasteiger partial charge in [0.05, 0.1) is 29.5 Å². The molecule has 9 nitrogen and oxygen atoms in total. The van der Waals surface area contributed by atoms with Crippen LogP contribution in [0, 0.1) is 12.8 Å². The Kier molecular flexibility index (Phi) is 12.1. The van der Waals surface area contributed by atoms with Crippen LogP contribution in [-0.4, -0.2) is 53.1 Å². The molecule has 0 atom stereocenters. The van der Waals surface area contributed by atoms with E-state index in [4.69, 9.17) is 0 Å². The molecular weight excluding hydrogens is 518 g/mol. The number of allylic oxidation sites excluding steroid dienone is 2. The van der Waals surface area contributed by atoms with E-state index in [1.54, 1.807) is 6.20 Å². The predicted molar refractivity (Wildman–Crippen MR) is 168 cm³/mol. The molecule has 0 aliphatic rings. The van der Waals surface area contributed by atoms with E-state index in [-0.39, 0.29) is 0 Å². The van der Waals surface area contributed by atoms with E-state index in [9.17, 15) is 0 Å². The summed E-state index contributed by atoms with van der Waals surface area (Å²) < 4.78 is 6.42. The third-order valence-corrected chi connectivity index (χ3v) is 6.76. The summed E-state index contributed by atoms with van der Waals surface area (Å²) in [6.45, 7) is 18.9. The second-order valence-corrected chi connectivity index (χ2v) is 10.7. The normalized spacial score (nSPS) is 11.5. The van der Waals surface area contributed by atoms with Gasteiger partial charge in [-0.2, -0.15) is 9.47 Å². The van der Waals surface area contributed by atoms with Crippen LogP contribution in [0.5, 0.6) is 0 Å². The van der Waals surface area contributed by atoms with Crippen molar-refractivity contribution in [1.29, 1.82) is 0 Å². The third-order valence-electron chi connectivity index (χ3n) is 6.02. The van der Waals surface area contributed by atoms with Gasteiger partial charge in [-0.05, 0) is 55.8 Å². The van der Waals surface area contributed by atoms with Crippen molar-refractivity contribution in [2.75, 3.05) is 18.4 Å². The summed E-state index contributed by atoms with van der Waals surface area (Å²) in [5.74, 6) is 2.18. The molecule has 0 spiro atoms. The molecule has 0 bridgehead atoms. The van der Waals surface area contributed by atoms with Crippen molar-refractivity contribution < 1.29 is 0 Å². The molecule has 4 heterocycles.